The van der Waals surface area contributed by atoms with E-state index in [1.165, 1.54) is 16.8 Å². The molecule has 7 heteroatoms. The molecule has 1 fully saturated rings. The van der Waals surface area contributed by atoms with Crippen molar-refractivity contribution in [2.75, 3.05) is 13.2 Å². The lowest BCUT2D eigenvalue weighted by atomic mass is 9.97. The van der Waals surface area contributed by atoms with Crippen LogP contribution in [-0.4, -0.2) is 39.1 Å². The van der Waals surface area contributed by atoms with E-state index in [-0.39, 0.29) is 25.2 Å². The first-order valence-electron chi connectivity index (χ1n) is 6.34. The lowest BCUT2D eigenvalue weighted by Crippen LogP contribution is -2.33. The Morgan fingerprint density at radius 3 is 2.84 bits per heavy atom. The molecule has 2 rings (SSSR count). The van der Waals surface area contributed by atoms with Crippen molar-refractivity contribution in [2.24, 2.45) is 5.92 Å². The highest BCUT2D eigenvalue weighted by Crippen LogP contribution is 2.36. The van der Waals surface area contributed by atoms with Crippen LogP contribution < -0.4 is 11.2 Å². The largest absolute Gasteiger partial charge is 0.396 e. The van der Waals surface area contributed by atoms with Gasteiger partial charge in [-0.2, -0.15) is 0 Å². The highest BCUT2D eigenvalue weighted by molar-refractivity contribution is 4.88. The number of hydrogen-bond donors (Lipinski definition) is 3. The van der Waals surface area contributed by atoms with E-state index >= 15 is 0 Å². The lowest BCUT2D eigenvalue weighted by Gasteiger charge is -2.20. The van der Waals surface area contributed by atoms with Crippen LogP contribution in [0.2, 0.25) is 0 Å². The van der Waals surface area contributed by atoms with Gasteiger partial charge in [0.05, 0.1) is 12.7 Å². The molecular formula is C12H18N2O5. The standard InChI is InChI=1S/C12H18N2O5/c15-5-1-2-8-6-9(7-16)19-11(8)14-4-3-10(17)13-12(14)18/h3-4,8-9,11,15-16H,1-2,5-7H2,(H,13,17,18)/t8-,9?,11?/m0/s1. The van der Waals surface area contributed by atoms with Crippen molar-refractivity contribution in [3.05, 3.63) is 33.1 Å². The summed E-state index contributed by atoms with van der Waals surface area (Å²) in [6.07, 6.45) is 2.52. The number of aromatic nitrogens is 2. The van der Waals surface area contributed by atoms with Crippen molar-refractivity contribution in [3.63, 3.8) is 0 Å². The van der Waals surface area contributed by atoms with Crippen molar-refractivity contribution in [3.8, 4) is 0 Å². The Balaban J connectivity index is 2.24. The van der Waals surface area contributed by atoms with Crippen LogP contribution >= 0.6 is 0 Å². The van der Waals surface area contributed by atoms with Crippen LogP contribution in [0.3, 0.4) is 0 Å². The van der Waals surface area contributed by atoms with Gasteiger partial charge in [-0.3, -0.25) is 14.3 Å². The van der Waals surface area contributed by atoms with Crippen LogP contribution in [0, 0.1) is 5.92 Å². The minimum Gasteiger partial charge on any atom is -0.396 e. The molecule has 0 spiro atoms. The summed E-state index contributed by atoms with van der Waals surface area (Å²) < 4.78 is 6.97. The van der Waals surface area contributed by atoms with Crippen LogP contribution in [0.25, 0.3) is 0 Å². The SMILES string of the molecule is O=c1ccn(C2OC(CO)C[C@@H]2CCCO)c(=O)[nH]1. The summed E-state index contributed by atoms with van der Waals surface area (Å²) in [5.74, 6) is 0.0351. The number of aromatic amines is 1. The zero-order chi connectivity index (χ0) is 13.8. The van der Waals surface area contributed by atoms with Gasteiger partial charge in [0.15, 0.2) is 0 Å². The van der Waals surface area contributed by atoms with Gasteiger partial charge in [0.25, 0.3) is 5.56 Å². The van der Waals surface area contributed by atoms with Gasteiger partial charge in [-0.1, -0.05) is 0 Å². The molecule has 1 aromatic heterocycles. The van der Waals surface area contributed by atoms with E-state index < -0.39 is 17.5 Å². The molecule has 0 amide bonds. The van der Waals surface area contributed by atoms with Crippen molar-refractivity contribution >= 4 is 0 Å². The molecular weight excluding hydrogens is 252 g/mol. The second kappa shape index (κ2) is 6.14. The lowest BCUT2D eigenvalue weighted by molar-refractivity contribution is -0.0366. The zero-order valence-corrected chi connectivity index (χ0v) is 10.5. The summed E-state index contributed by atoms with van der Waals surface area (Å²) in [5, 5.41) is 18.1. The van der Waals surface area contributed by atoms with Gasteiger partial charge in [-0.15, -0.1) is 0 Å². The molecule has 19 heavy (non-hydrogen) atoms. The van der Waals surface area contributed by atoms with Gasteiger partial charge in [0, 0.05) is 24.8 Å². The van der Waals surface area contributed by atoms with E-state index in [2.05, 4.69) is 4.98 Å². The van der Waals surface area contributed by atoms with E-state index in [0.29, 0.717) is 19.3 Å². The Kier molecular flexibility index (Phi) is 4.52. The molecule has 1 aliphatic heterocycles. The smallest absolute Gasteiger partial charge is 0.330 e. The maximum Gasteiger partial charge on any atom is 0.330 e. The Labute approximate surface area is 109 Å². The maximum atomic E-state index is 11.8. The normalized spacial score (nSPS) is 26.7. The number of aliphatic hydroxyl groups excluding tert-OH is 2. The van der Waals surface area contributed by atoms with Crippen molar-refractivity contribution in [1.29, 1.82) is 0 Å². The van der Waals surface area contributed by atoms with Gasteiger partial charge in [0.1, 0.15) is 6.23 Å². The minimum absolute atomic E-state index is 0.0351. The third kappa shape index (κ3) is 3.12. The summed E-state index contributed by atoms with van der Waals surface area (Å²) >= 11 is 0. The molecule has 3 N–H and O–H groups in total. The van der Waals surface area contributed by atoms with Gasteiger partial charge < -0.3 is 14.9 Å². The minimum atomic E-state index is -0.523. The van der Waals surface area contributed by atoms with Crippen LogP contribution in [0.15, 0.2) is 21.9 Å². The number of aliphatic hydroxyl groups is 2. The molecule has 0 saturated carbocycles. The second-order valence-electron chi connectivity index (χ2n) is 4.71. The van der Waals surface area contributed by atoms with Crippen molar-refractivity contribution < 1.29 is 14.9 Å². The molecule has 0 aromatic carbocycles. The quantitative estimate of drug-likeness (QED) is 0.650. The summed E-state index contributed by atoms with van der Waals surface area (Å²) in [6.45, 7) is -0.0300. The highest BCUT2D eigenvalue weighted by atomic mass is 16.5. The molecule has 2 heterocycles. The fourth-order valence-corrected chi connectivity index (χ4v) is 2.47. The number of rotatable bonds is 5. The monoisotopic (exact) mass is 270 g/mol. The molecule has 106 valence electrons. The number of H-pyrrole nitrogens is 1. The second-order valence-corrected chi connectivity index (χ2v) is 4.71. The predicted octanol–water partition coefficient (Wildman–Crippen LogP) is -0.795. The summed E-state index contributed by atoms with van der Waals surface area (Å²) in [5.41, 5.74) is -0.977. The third-order valence-corrected chi connectivity index (χ3v) is 3.36. The third-order valence-electron chi connectivity index (χ3n) is 3.36. The number of ether oxygens (including phenoxy) is 1. The fraction of sp³-hybridized carbons (Fsp3) is 0.667. The fourth-order valence-electron chi connectivity index (χ4n) is 2.47. The van der Waals surface area contributed by atoms with E-state index in [0.717, 1.165) is 0 Å². The Morgan fingerprint density at radius 1 is 1.42 bits per heavy atom. The maximum absolute atomic E-state index is 11.8. The molecule has 0 bridgehead atoms. The van der Waals surface area contributed by atoms with Crippen molar-refractivity contribution in [2.45, 2.75) is 31.6 Å². The predicted molar refractivity (Wildman–Crippen MR) is 66.7 cm³/mol. The molecule has 7 nitrogen and oxygen atoms in total. The van der Waals surface area contributed by atoms with Gasteiger partial charge in [-0.25, -0.2) is 4.79 Å². The molecule has 1 saturated heterocycles. The van der Waals surface area contributed by atoms with Crippen LogP contribution in [0.4, 0.5) is 0 Å². The van der Waals surface area contributed by atoms with Gasteiger partial charge in [-0.05, 0) is 19.3 Å². The first kappa shape index (κ1) is 14.0. The van der Waals surface area contributed by atoms with Gasteiger partial charge >= 0.3 is 5.69 Å². The van der Waals surface area contributed by atoms with E-state index in [4.69, 9.17) is 14.9 Å². The molecule has 0 aliphatic carbocycles. The first-order valence-corrected chi connectivity index (χ1v) is 6.34. The number of nitrogens with zero attached hydrogens (tertiary/aromatic N) is 1. The van der Waals surface area contributed by atoms with Crippen LogP contribution in [0.1, 0.15) is 25.5 Å². The number of hydrogen-bond acceptors (Lipinski definition) is 5. The summed E-state index contributed by atoms with van der Waals surface area (Å²) in [6, 6.07) is 1.26. The topological polar surface area (TPSA) is 105 Å². The molecule has 1 aliphatic rings. The zero-order valence-electron chi connectivity index (χ0n) is 10.5. The van der Waals surface area contributed by atoms with Gasteiger partial charge in [0.2, 0.25) is 0 Å². The highest BCUT2D eigenvalue weighted by Gasteiger charge is 2.36. The van der Waals surface area contributed by atoms with Crippen LogP contribution in [0.5, 0.6) is 0 Å². The summed E-state index contributed by atoms with van der Waals surface area (Å²) in [4.78, 5) is 25.0. The van der Waals surface area contributed by atoms with Crippen molar-refractivity contribution in [1.82, 2.24) is 9.55 Å². The molecule has 2 unspecified atom stereocenters. The Morgan fingerprint density at radius 2 is 2.21 bits per heavy atom. The molecule has 1 aromatic rings. The average molecular weight is 270 g/mol. The number of nitrogens with one attached hydrogen (secondary N) is 1. The van der Waals surface area contributed by atoms with E-state index in [1.807, 2.05) is 0 Å². The first-order chi connectivity index (χ1) is 9.15. The van der Waals surface area contributed by atoms with E-state index in [9.17, 15) is 9.59 Å². The average Bonchev–Trinajstić information content (AvgIpc) is 2.79. The molecule has 3 atom stereocenters. The van der Waals surface area contributed by atoms with Crippen LogP contribution in [-0.2, 0) is 4.74 Å². The Hall–Kier alpha value is -1.44. The Bertz CT molecular complexity index is 523. The summed E-state index contributed by atoms with van der Waals surface area (Å²) in [7, 11) is 0. The molecule has 0 radical (unpaired) electrons. The van der Waals surface area contributed by atoms with E-state index in [1.54, 1.807) is 0 Å².